The van der Waals surface area contributed by atoms with Crippen LogP contribution in [-0.2, 0) is 4.74 Å². The summed E-state index contributed by atoms with van der Waals surface area (Å²) in [5.74, 6) is -0.0941. The van der Waals surface area contributed by atoms with Gasteiger partial charge in [-0.2, -0.15) is 0 Å². The van der Waals surface area contributed by atoms with Gasteiger partial charge in [-0.3, -0.25) is 0 Å². The van der Waals surface area contributed by atoms with Crippen molar-refractivity contribution < 1.29 is 14.6 Å². The highest BCUT2D eigenvalue weighted by Crippen LogP contribution is 2.35. The Hall–Kier alpha value is -1.73. The molecule has 2 aromatic rings. The van der Waals surface area contributed by atoms with Crippen molar-refractivity contribution in [1.82, 2.24) is 9.97 Å². The average Bonchev–Trinajstić information content (AvgIpc) is 2.85. The maximum Gasteiger partial charge on any atom is 0.346 e. The molecule has 2 aromatic heterocycles. The van der Waals surface area contributed by atoms with Crippen LogP contribution in [0.5, 0.6) is 0 Å². The predicted molar refractivity (Wildman–Crippen MR) is 81.4 cm³/mol. The summed E-state index contributed by atoms with van der Waals surface area (Å²) in [6.45, 7) is 3.34. The van der Waals surface area contributed by atoms with E-state index in [0.717, 1.165) is 47.7 Å². The van der Waals surface area contributed by atoms with Crippen LogP contribution < -0.4 is 4.90 Å². The van der Waals surface area contributed by atoms with Crippen molar-refractivity contribution in [3.63, 3.8) is 0 Å². The molecule has 1 fully saturated rings. The zero-order chi connectivity index (χ0) is 15.0. The van der Waals surface area contributed by atoms with Crippen LogP contribution in [0.1, 0.15) is 28.1 Å². The maximum absolute atomic E-state index is 11.3. The molecule has 6 nitrogen and oxygen atoms in total. The molecule has 21 heavy (non-hydrogen) atoms. The van der Waals surface area contributed by atoms with Gasteiger partial charge >= 0.3 is 5.97 Å². The van der Waals surface area contributed by atoms with E-state index in [1.165, 1.54) is 17.7 Å². The van der Waals surface area contributed by atoms with Crippen molar-refractivity contribution in [1.29, 1.82) is 0 Å². The van der Waals surface area contributed by atoms with Crippen molar-refractivity contribution in [2.24, 2.45) is 0 Å². The Morgan fingerprint density at radius 1 is 1.43 bits per heavy atom. The summed E-state index contributed by atoms with van der Waals surface area (Å²) in [6, 6.07) is 0.365. The summed E-state index contributed by atoms with van der Waals surface area (Å²) in [6.07, 6.45) is 3.42. The molecule has 0 aromatic carbocycles. The van der Waals surface area contributed by atoms with E-state index in [0.29, 0.717) is 10.9 Å². The smallest absolute Gasteiger partial charge is 0.346 e. The van der Waals surface area contributed by atoms with Crippen LogP contribution in [-0.4, -0.2) is 47.3 Å². The average molecular weight is 307 g/mol. The molecule has 0 spiro atoms. The summed E-state index contributed by atoms with van der Waals surface area (Å²) >= 11 is 1.21. The van der Waals surface area contributed by atoms with Crippen molar-refractivity contribution in [3.05, 3.63) is 16.8 Å². The van der Waals surface area contributed by atoms with Gasteiger partial charge in [-0.05, 0) is 25.3 Å². The molecule has 1 N–H and O–H groups in total. The Morgan fingerprint density at radius 3 is 2.81 bits per heavy atom. The number of hydrogen-bond acceptors (Lipinski definition) is 6. The van der Waals surface area contributed by atoms with E-state index in [2.05, 4.69) is 14.9 Å². The Balaban J connectivity index is 2.07. The largest absolute Gasteiger partial charge is 0.477 e. The van der Waals surface area contributed by atoms with E-state index in [1.54, 1.807) is 0 Å². The highest BCUT2D eigenvalue weighted by Gasteiger charge is 2.24. The van der Waals surface area contributed by atoms with Gasteiger partial charge in [0.15, 0.2) is 0 Å². The molecular weight excluding hydrogens is 290 g/mol. The third-order valence-electron chi connectivity index (χ3n) is 3.97. The first-order chi connectivity index (χ1) is 10.1. The van der Waals surface area contributed by atoms with Crippen LogP contribution in [0, 0.1) is 6.92 Å². The Kier molecular flexibility index (Phi) is 3.77. The van der Waals surface area contributed by atoms with Crippen molar-refractivity contribution in [3.8, 4) is 0 Å². The predicted octanol–water partition coefficient (Wildman–Crippen LogP) is 2.31. The van der Waals surface area contributed by atoms with Gasteiger partial charge in [-0.25, -0.2) is 14.8 Å². The summed E-state index contributed by atoms with van der Waals surface area (Å²) < 4.78 is 5.40. The second-order valence-electron chi connectivity index (χ2n) is 5.19. The standard InChI is InChI=1S/C14H17N3O3S/c1-8-10-12(17(2)9-3-5-20-6-4-9)15-7-16-13(10)21-11(8)14(18)19/h7,9H,3-6H2,1-2H3,(H,18,19). The van der Waals surface area contributed by atoms with Gasteiger partial charge in [0, 0.05) is 26.3 Å². The second kappa shape index (κ2) is 5.57. The first-order valence-electron chi connectivity index (χ1n) is 6.87. The molecule has 1 saturated heterocycles. The number of hydrogen-bond donors (Lipinski definition) is 1. The zero-order valence-electron chi connectivity index (χ0n) is 12.0. The molecule has 0 aliphatic carbocycles. The number of carboxylic acid groups (broad SMARTS) is 1. The van der Waals surface area contributed by atoms with Gasteiger partial charge in [0.2, 0.25) is 0 Å². The van der Waals surface area contributed by atoms with Gasteiger partial charge in [0.1, 0.15) is 21.9 Å². The lowest BCUT2D eigenvalue weighted by molar-refractivity contribution is 0.0701. The van der Waals surface area contributed by atoms with Crippen molar-refractivity contribution >= 4 is 33.3 Å². The van der Waals surface area contributed by atoms with Crippen LogP contribution in [0.2, 0.25) is 0 Å². The van der Waals surface area contributed by atoms with E-state index in [1.807, 2.05) is 14.0 Å². The molecular formula is C14H17N3O3S. The number of anilines is 1. The molecule has 3 heterocycles. The van der Waals surface area contributed by atoms with Gasteiger partial charge in [-0.15, -0.1) is 11.3 Å². The SMILES string of the molecule is Cc1c(C(=O)O)sc2ncnc(N(C)C3CCOCC3)c12. The molecule has 0 radical (unpaired) electrons. The van der Waals surface area contributed by atoms with Gasteiger partial charge in [0.25, 0.3) is 0 Å². The number of rotatable bonds is 3. The maximum atomic E-state index is 11.3. The fourth-order valence-corrected chi connectivity index (χ4v) is 3.75. The lowest BCUT2D eigenvalue weighted by Crippen LogP contribution is -2.37. The normalized spacial score (nSPS) is 16.3. The van der Waals surface area contributed by atoms with Gasteiger partial charge in [-0.1, -0.05) is 0 Å². The molecule has 7 heteroatoms. The lowest BCUT2D eigenvalue weighted by Gasteiger charge is -2.32. The Labute approximate surface area is 126 Å². The van der Waals surface area contributed by atoms with Gasteiger partial charge in [0.05, 0.1) is 5.39 Å². The monoisotopic (exact) mass is 307 g/mol. The molecule has 0 unspecified atom stereocenters. The molecule has 1 aliphatic rings. The van der Waals surface area contributed by atoms with E-state index < -0.39 is 5.97 Å². The first kappa shape index (κ1) is 14.2. The number of ether oxygens (including phenoxy) is 1. The summed E-state index contributed by atoms with van der Waals surface area (Å²) in [5, 5.41) is 10.1. The topological polar surface area (TPSA) is 75.5 Å². The molecule has 0 saturated carbocycles. The van der Waals surface area contributed by atoms with E-state index in [9.17, 15) is 9.90 Å². The molecule has 0 bridgehead atoms. The third kappa shape index (κ3) is 2.47. The molecule has 1 aliphatic heterocycles. The number of carboxylic acids is 1. The van der Waals surface area contributed by atoms with E-state index >= 15 is 0 Å². The Morgan fingerprint density at radius 2 is 2.14 bits per heavy atom. The minimum atomic E-state index is -0.907. The summed E-state index contributed by atoms with van der Waals surface area (Å²) in [5.41, 5.74) is 0.747. The molecule has 0 atom stereocenters. The zero-order valence-corrected chi connectivity index (χ0v) is 12.8. The quantitative estimate of drug-likeness (QED) is 0.938. The van der Waals surface area contributed by atoms with E-state index in [-0.39, 0.29) is 0 Å². The van der Waals surface area contributed by atoms with Crippen LogP contribution in [0.15, 0.2) is 6.33 Å². The molecule has 112 valence electrons. The molecule has 0 amide bonds. The number of carbonyl (C=O) groups is 1. The highest BCUT2D eigenvalue weighted by atomic mass is 32.1. The minimum absolute atomic E-state index is 0.340. The third-order valence-corrected chi connectivity index (χ3v) is 5.16. The van der Waals surface area contributed by atoms with Crippen LogP contribution in [0.25, 0.3) is 10.2 Å². The number of fused-ring (bicyclic) bond motifs is 1. The lowest BCUT2D eigenvalue weighted by atomic mass is 10.1. The molecule has 3 rings (SSSR count). The number of aromatic carboxylic acids is 1. The minimum Gasteiger partial charge on any atom is -0.477 e. The number of aryl methyl sites for hydroxylation is 1. The van der Waals surface area contributed by atoms with Gasteiger partial charge < -0.3 is 14.7 Å². The number of nitrogens with zero attached hydrogens (tertiary/aromatic N) is 3. The fraction of sp³-hybridized carbons (Fsp3) is 0.500. The summed E-state index contributed by atoms with van der Waals surface area (Å²) in [7, 11) is 2.01. The highest BCUT2D eigenvalue weighted by molar-refractivity contribution is 7.20. The number of aromatic nitrogens is 2. The fourth-order valence-electron chi connectivity index (χ4n) is 2.77. The van der Waals surface area contributed by atoms with Crippen molar-refractivity contribution in [2.45, 2.75) is 25.8 Å². The number of thiophene rings is 1. The Bertz CT molecular complexity index is 679. The van der Waals surface area contributed by atoms with Crippen LogP contribution >= 0.6 is 11.3 Å². The van der Waals surface area contributed by atoms with Crippen molar-refractivity contribution in [2.75, 3.05) is 25.2 Å². The van der Waals surface area contributed by atoms with Crippen LogP contribution in [0.3, 0.4) is 0 Å². The first-order valence-corrected chi connectivity index (χ1v) is 7.69. The summed E-state index contributed by atoms with van der Waals surface area (Å²) in [4.78, 5) is 23.1. The van der Waals surface area contributed by atoms with Crippen LogP contribution in [0.4, 0.5) is 5.82 Å². The van der Waals surface area contributed by atoms with E-state index in [4.69, 9.17) is 4.74 Å². The second-order valence-corrected chi connectivity index (χ2v) is 6.19.